The third kappa shape index (κ3) is 2.66. The molecule has 0 spiro atoms. The minimum absolute atomic E-state index is 0.0146. The van der Waals surface area contributed by atoms with Crippen molar-refractivity contribution in [2.75, 3.05) is 12.8 Å². The van der Waals surface area contributed by atoms with Crippen LogP contribution >= 0.6 is 0 Å². The highest BCUT2D eigenvalue weighted by atomic mass is 19.4. The first-order valence-corrected chi connectivity index (χ1v) is 4.16. The van der Waals surface area contributed by atoms with Crippen LogP contribution in [-0.4, -0.2) is 18.5 Å². The summed E-state index contributed by atoms with van der Waals surface area (Å²) in [7, 11) is 1.16. The summed E-state index contributed by atoms with van der Waals surface area (Å²) in [5.41, 5.74) is 11.2. The van der Waals surface area contributed by atoms with Crippen LogP contribution in [0.15, 0.2) is 6.20 Å². The second-order valence-electron chi connectivity index (χ2n) is 2.79. The molecule has 0 unspecified atom stereocenters. The van der Waals surface area contributed by atoms with Gasteiger partial charge in [-0.05, 0) is 0 Å². The van der Waals surface area contributed by atoms with Crippen LogP contribution in [0.4, 0.5) is 18.9 Å². The molecule has 0 aliphatic rings. The molecule has 90 valence electrons. The second-order valence-corrected chi connectivity index (χ2v) is 2.79. The Bertz CT molecular complexity index is 382. The molecule has 8 heteroatoms. The van der Waals surface area contributed by atoms with Crippen molar-refractivity contribution in [3.63, 3.8) is 0 Å². The molecule has 5 nitrogen and oxygen atoms in total. The molecule has 16 heavy (non-hydrogen) atoms. The summed E-state index contributed by atoms with van der Waals surface area (Å²) in [6, 6.07) is 0. The molecule has 0 fully saturated rings. The number of aromatic nitrogens is 1. The first-order valence-electron chi connectivity index (χ1n) is 4.16. The van der Waals surface area contributed by atoms with Crippen molar-refractivity contribution < 1.29 is 22.6 Å². The van der Waals surface area contributed by atoms with Gasteiger partial charge in [-0.2, -0.15) is 0 Å². The average Bonchev–Trinajstić information content (AvgIpc) is 2.16. The maximum Gasteiger partial charge on any atom is 0.574 e. The summed E-state index contributed by atoms with van der Waals surface area (Å²) in [6.07, 6.45) is -3.74. The zero-order chi connectivity index (χ0) is 12.3. The van der Waals surface area contributed by atoms with E-state index in [2.05, 4.69) is 9.72 Å². The minimum Gasteiger partial charge on any atom is -0.490 e. The second kappa shape index (κ2) is 4.44. The molecule has 4 N–H and O–H groups in total. The fraction of sp³-hybridized carbons (Fsp3) is 0.375. The number of halogens is 3. The van der Waals surface area contributed by atoms with Crippen molar-refractivity contribution in [3.05, 3.63) is 11.8 Å². The molecule has 1 aromatic heterocycles. The Morgan fingerprint density at radius 3 is 2.50 bits per heavy atom. The highest BCUT2D eigenvalue weighted by Gasteiger charge is 2.34. The normalized spacial score (nSPS) is 11.3. The molecule has 0 atom stereocenters. The number of nitrogens with two attached hydrogens (primary N) is 2. The highest BCUT2D eigenvalue weighted by Crippen LogP contribution is 2.36. The predicted octanol–water partition coefficient (Wildman–Crippen LogP) is 1.03. The number of hydrogen-bond donors (Lipinski definition) is 2. The van der Waals surface area contributed by atoms with E-state index in [4.69, 9.17) is 16.2 Å². The van der Waals surface area contributed by atoms with Crippen LogP contribution in [0, 0.1) is 0 Å². The maximum absolute atomic E-state index is 12.0. The number of nitrogens with zero attached hydrogens (tertiary/aromatic N) is 1. The largest absolute Gasteiger partial charge is 0.574 e. The fourth-order valence-corrected chi connectivity index (χ4v) is 1.07. The van der Waals surface area contributed by atoms with Gasteiger partial charge in [0.25, 0.3) is 5.88 Å². The van der Waals surface area contributed by atoms with Crippen LogP contribution < -0.4 is 20.9 Å². The van der Waals surface area contributed by atoms with E-state index < -0.39 is 12.2 Å². The topological polar surface area (TPSA) is 83.4 Å². The lowest BCUT2D eigenvalue weighted by molar-refractivity contribution is -0.276. The molecule has 0 aliphatic heterocycles. The molecule has 1 heterocycles. The smallest absolute Gasteiger partial charge is 0.490 e. The molecule has 0 saturated heterocycles. The van der Waals surface area contributed by atoms with E-state index in [9.17, 15) is 13.2 Å². The van der Waals surface area contributed by atoms with Gasteiger partial charge in [-0.3, -0.25) is 0 Å². The highest BCUT2D eigenvalue weighted by molar-refractivity contribution is 5.62. The molecule has 0 bridgehead atoms. The van der Waals surface area contributed by atoms with Crippen LogP contribution in [-0.2, 0) is 6.54 Å². The van der Waals surface area contributed by atoms with Gasteiger partial charge in [-0.15, -0.1) is 13.2 Å². The SMILES string of the molecule is COc1c(OC(F)(F)F)ncc(CN)c1N. The minimum atomic E-state index is -4.85. The molecular weight excluding hydrogens is 227 g/mol. The lowest BCUT2D eigenvalue weighted by atomic mass is 10.2. The third-order valence-corrected chi connectivity index (χ3v) is 1.76. The quantitative estimate of drug-likeness (QED) is 0.820. The van der Waals surface area contributed by atoms with Crippen molar-refractivity contribution in [2.24, 2.45) is 5.73 Å². The fourth-order valence-electron chi connectivity index (χ4n) is 1.07. The van der Waals surface area contributed by atoms with Crippen molar-refractivity contribution in [3.8, 4) is 11.6 Å². The van der Waals surface area contributed by atoms with E-state index in [1.54, 1.807) is 0 Å². The predicted molar refractivity (Wildman–Crippen MR) is 49.8 cm³/mol. The number of hydrogen-bond acceptors (Lipinski definition) is 5. The van der Waals surface area contributed by atoms with E-state index in [1.807, 2.05) is 0 Å². The molecular formula is C8H10F3N3O2. The Morgan fingerprint density at radius 2 is 2.06 bits per heavy atom. The van der Waals surface area contributed by atoms with Crippen molar-refractivity contribution >= 4 is 5.69 Å². The summed E-state index contributed by atoms with van der Waals surface area (Å²) in [5, 5.41) is 0. The van der Waals surface area contributed by atoms with E-state index in [0.29, 0.717) is 5.56 Å². The third-order valence-electron chi connectivity index (χ3n) is 1.76. The Hall–Kier alpha value is -1.70. The van der Waals surface area contributed by atoms with Gasteiger partial charge in [-0.25, -0.2) is 4.98 Å². The summed E-state index contributed by atoms with van der Waals surface area (Å²) >= 11 is 0. The molecule has 0 amide bonds. The van der Waals surface area contributed by atoms with E-state index in [1.165, 1.54) is 0 Å². The number of ether oxygens (including phenoxy) is 2. The van der Waals surface area contributed by atoms with Crippen molar-refractivity contribution in [1.29, 1.82) is 0 Å². The molecule has 1 rings (SSSR count). The van der Waals surface area contributed by atoms with E-state index in [-0.39, 0.29) is 18.0 Å². The monoisotopic (exact) mass is 237 g/mol. The number of nitrogen functional groups attached to an aromatic ring is 1. The van der Waals surface area contributed by atoms with Gasteiger partial charge in [0.15, 0.2) is 0 Å². The number of methoxy groups -OCH3 is 1. The van der Waals surface area contributed by atoms with Gasteiger partial charge in [0.2, 0.25) is 5.75 Å². The number of rotatable bonds is 3. The van der Waals surface area contributed by atoms with Crippen LogP contribution in [0.2, 0.25) is 0 Å². The maximum atomic E-state index is 12.0. The Morgan fingerprint density at radius 1 is 1.44 bits per heavy atom. The summed E-state index contributed by atoms with van der Waals surface area (Å²) in [5.74, 6) is -1.01. The van der Waals surface area contributed by atoms with Gasteiger partial charge in [-0.1, -0.05) is 0 Å². The zero-order valence-electron chi connectivity index (χ0n) is 8.34. The van der Waals surface area contributed by atoms with Crippen molar-refractivity contribution in [1.82, 2.24) is 4.98 Å². The molecule has 1 aromatic rings. The van der Waals surface area contributed by atoms with Gasteiger partial charge in [0.05, 0.1) is 12.8 Å². The van der Waals surface area contributed by atoms with Crippen molar-refractivity contribution in [2.45, 2.75) is 12.9 Å². The lowest BCUT2D eigenvalue weighted by Crippen LogP contribution is -2.19. The van der Waals surface area contributed by atoms with Gasteiger partial charge in [0.1, 0.15) is 0 Å². The molecule has 0 aliphatic carbocycles. The standard InChI is InChI=1S/C8H10F3N3O2/c1-15-6-5(13)4(2-12)3-14-7(6)16-8(9,10)11/h3H,2,12H2,1H3,(H2,13,14). The Labute approximate surface area is 89.1 Å². The first-order chi connectivity index (χ1) is 7.39. The van der Waals surface area contributed by atoms with E-state index >= 15 is 0 Å². The number of alkyl halides is 3. The molecule has 0 aromatic carbocycles. The summed E-state index contributed by atoms with van der Waals surface area (Å²) < 4.78 is 44.3. The van der Waals surface area contributed by atoms with Gasteiger partial charge < -0.3 is 20.9 Å². The summed E-state index contributed by atoms with van der Waals surface area (Å²) in [6.45, 7) is 0.0431. The molecule has 0 radical (unpaired) electrons. The summed E-state index contributed by atoms with van der Waals surface area (Å²) in [4.78, 5) is 3.44. The van der Waals surface area contributed by atoms with Crippen LogP contribution in [0.3, 0.4) is 0 Å². The van der Waals surface area contributed by atoms with Gasteiger partial charge >= 0.3 is 6.36 Å². The zero-order valence-corrected chi connectivity index (χ0v) is 8.34. The number of anilines is 1. The average molecular weight is 237 g/mol. The first kappa shape index (κ1) is 12.4. The molecule has 0 saturated carbocycles. The van der Waals surface area contributed by atoms with Crippen LogP contribution in [0.1, 0.15) is 5.56 Å². The Balaban J connectivity index is 3.16. The van der Waals surface area contributed by atoms with Gasteiger partial charge in [0, 0.05) is 18.3 Å². The van der Waals surface area contributed by atoms with E-state index in [0.717, 1.165) is 13.3 Å². The van der Waals surface area contributed by atoms with Crippen LogP contribution in [0.25, 0.3) is 0 Å². The van der Waals surface area contributed by atoms with Crippen LogP contribution in [0.5, 0.6) is 11.6 Å². The lowest BCUT2D eigenvalue weighted by Gasteiger charge is -2.14. The number of pyridine rings is 1. The Kier molecular flexibility index (Phi) is 3.43.